The molecular formula is C16H26F2N2. The van der Waals surface area contributed by atoms with Crippen molar-refractivity contribution in [3.8, 4) is 0 Å². The Hall–Kier alpha value is -1.03. The van der Waals surface area contributed by atoms with Crippen molar-refractivity contribution in [1.82, 2.24) is 9.88 Å². The fourth-order valence-corrected chi connectivity index (χ4v) is 2.23. The van der Waals surface area contributed by atoms with Gasteiger partial charge in [-0.05, 0) is 23.0 Å². The van der Waals surface area contributed by atoms with Crippen molar-refractivity contribution in [2.24, 2.45) is 0 Å². The van der Waals surface area contributed by atoms with Gasteiger partial charge in [0.25, 0.3) is 6.43 Å². The molecule has 0 fully saturated rings. The van der Waals surface area contributed by atoms with Crippen LogP contribution in [0.4, 0.5) is 8.78 Å². The predicted molar refractivity (Wildman–Crippen MR) is 79.3 cm³/mol. The van der Waals surface area contributed by atoms with E-state index < -0.39 is 6.43 Å². The number of aromatic nitrogens is 1. The fourth-order valence-electron chi connectivity index (χ4n) is 2.23. The Morgan fingerprint density at radius 1 is 1.30 bits per heavy atom. The summed E-state index contributed by atoms with van der Waals surface area (Å²) in [6, 6.07) is 2.18. The molecule has 0 spiro atoms. The summed E-state index contributed by atoms with van der Waals surface area (Å²) in [5.74, 6) is 0. The molecule has 1 aliphatic rings. The minimum atomic E-state index is -2.26. The third-order valence-electron chi connectivity index (χ3n) is 3.39. The standard InChI is InChI=1S/C14H20F2N2.C2H6/c1-14(2,3)11-6-10-4-5-18(9-13(15)16)8-12(10)17-7-11;1-2/h6-7,13H,4-5,8-9H2,1-3H3;1-2H3. The van der Waals surface area contributed by atoms with Gasteiger partial charge in [0.05, 0.1) is 12.2 Å². The molecule has 0 unspecified atom stereocenters. The largest absolute Gasteiger partial charge is 0.292 e. The summed E-state index contributed by atoms with van der Waals surface area (Å²) in [6.45, 7) is 11.6. The molecule has 1 aromatic heterocycles. The van der Waals surface area contributed by atoms with Gasteiger partial charge in [-0.3, -0.25) is 9.88 Å². The molecule has 0 atom stereocenters. The molecule has 0 radical (unpaired) electrons. The van der Waals surface area contributed by atoms with Crippen LogP contribution in [0.5, 0.6) is 0 Å². The van der Waals surface area contributed by atoms with Crippen LogP contribution in [0.3, 0.4) is 0 Å². The number of alkyl halides is 2. The van der Waals surface area contributed by atoms with E-state index in [1.807, 2.05) is 20.0 Å². The monoisotopic (exact) mass is 284 g/mol. The maximum atomic E-state index is 12.4. The number of halogens is 2. The zero-order chi connectivity index (χ0) is 15.3. The van der Waals surface area contributed by atoms with E-state index in [-0.39, 0.29) is 12.0 Å². The highest BCUT2D eigenvalue weighted by atomic mass is 19.3. The van der Waals surface area contributed by atoms with Crippen LogP contribution in [-0.4, -0.2) is 29.4 Å². The second-order valence-corrected chi connectivity index (χ2v) is 5.96. The van der Waals surface area contributed by atoms with Gasteiger partial charge in [-0.2, -0.15) is 0 Å². The van der Waals surface area contributed by atoms with Crippen molar-refractivity contribution in [3.63, 3.8) is 0 Å². The maximum absolute atomic E-state index is 12.4. The van der Waals surface area contributed by atoms with Crippen molar-refractivity contribution < 1.29 is 8.78 Å². The number of nitrogens with zero attached hydrogens (tertiary/aromatic N) is 2. The number of rotatable bonds is 2. The molecule has 4 heteroatoms. The minimum absolute atomic E-state index is 0.0855. The van der Waals surface area contributed by atoms with E-state index in [4.69, 9.17) is 0 Å². The van der Waals surface area contributed by atoms with E-state index in [9.17, 15) is 8.78 Å². The molecule has 2 heterocycles. The summed E-state index contributed by atoms with van der Waals surface area (Å²) in [5, 5.41) is 0. The van der Waals surface area contributed by atoms with E-state index >= 15 is 0 Å². The van der Waals surface area contributed by atoms with Crippen LogP contribution < -0.4 is 0 Å². The first kappa shape index (κ1) is 17.0. The second-order valence-electron chi connectivity index (χ2n) is 5.96. The first-order valence-corrected chi connectivity index (χ1v) is 7.35. The molecule has 20 heavy (non-hydrogen) atoms. The highest BCUT2D eigenvalue weighted by molar-refractivity contribution is 5.31. The Labute approximate surface area is 121 Å². The lowest BCUT2D eigenvalue weighted by Gasteiger charge is -2.29. The Morgan fingerprint density at radius 3 is 2.50 bits per heavy atom. The molecule has 0 saturated heterocycles. The minimum Gasteiger partial charge on any atom is -0.292 e. The summed E-state index contributed by atoms with van der Waals surface area (Å²) < 4.78 is 24.7. The maximum Gasteiger partial charge on any atom is 0.251 e. The van der Waals surface area contributed by atoms with E-state index in [2.05, 4.69) is 31.8 Å². The van der Waals surface area contributed by atoms with Gasteiger partial charge in [-0.15, -0.1) is 0 Å². The molecule has 2 nitrogen and oxygen atoms in total. The Morgan fingerprint density at radius 2 is 1.95 bits per heavy atom. The van der Waals surface area contributed by atoms with Gasteiger partial charge in [0.2, 0.25) is 0 Å². The molecule has 0 bridgehead atoms. The van der Waals surface area contributed by atoms with Gasteiger partial charge in [-0.25, -0.2) is 8.78 Å². The van der Waals surface area contributed by atoms with Gasteiger partial charge in [0.15, 0.2) is 0 Å². The molecule has 0 amide bonds. The lowest BCUT2D eigenvalue weighted by molar-refractivity contribution is 0.0812. The zero-order valence-electron chi connectivity index (χ0n) is 13.2. The normalized spacial score (nSPS) is 15.6. The smallest absolute Gasteiger partial charge is 0.251 e. The first-order valence-electron chi connectivity index (χ1n) is 7.35. The first-order chi connectivity index (χ1) is 9.36. The molecule has 1 aromatic rings. The number of fused-ring (bicyclic) bond motifs is 1. The van der Waals surface area contributed by atoms with Crippen molar-refractivity contribution in [3.05, 3.63) is 29.1 Å². The van der Waals surface area contributed by atoms with Crippen molar-refractivity contribution in [2.75, 3.05) is 13.1 Å². The molecule has 0 aromatic carbocycles. The number of pyridine rings is 1. The van der Waals surface area contributed by atoms with Crippen LogP contribution in [0.2, 0.25) is 0 Å². The van der Waals surface area contributed by atoms with Crippen molar-refractivity contribution >= 4 is 0 Å². The van der Waals surface area contributed by atoms with Crippen LogP contribution in [0.1, 0.15) is 51.4 Å². The summed E-state index contributed by atoms with van der Waals surface area (Å²) >= 11 is 0. The van der Waals surface area contributed by atoms with Gasteiger partial charge in [0, 0.05) is 19.3 Å². The Bertz CT molecular complexity index is 425. The lowest BCUT2D eigenvalue weighted by Crippen LogP contribution is -2.35. The third-order valence-corrected chi connectivity index (χ3v) is 3.39. The summed E-state index contributed by atoms with van der Waals surface area (Å²) in [4.78, 5) is 6.23. The predicted octanol–water partition coefficient (Wildman–Crippen LogP) is 4.03. The SMILES string of the molecule is CC.CC(C)(C)c1cnc2c(c1)CCN(CC(F)F)C2. The van der Waals surface area contributed by atoms with Crippen LogP contribution in [-0.2, 0) is 18.4 Å². The third kappa shape index (κ3) is 4.51. The molecule has 0 N–H and O–H groups in total. The lowest BCUT2D eigenvalue weighted by atomic mass is 9.86. The van der Waals surface area contributed by atoms with E-state index in [0.717, 1.165) is 12.1 Å². The van der Waals surface area contributed by atoms with Crippen molar-refractivity contribution in [2.45, 2.75) is 59.4 Å². The summed E-state index contributed by atoms with van der Waals surface area (Å²) in [7, 11) is 0. The van der Waals surface area contributed by atoms with Crippen LogP contribution in [0.15, 0.2) is 12.3 Å². The summed E-state index contributed by atoms with van der Waals surface area (Å²) in [5.41, 5.74) is 3.47. The highest BCUT2D eigenvalue weighted by Crippen LogP contribution is 2.26. The molecule has 2 rings (SSSR count). The van der Waals surface area contributed by atoms with Crippen molar-refractivity contribution in [1.29, 1.82) is 0 Å². The molecule has 0 saturated carbocycles. The van der Waals surface area contributed by atoms with Gasteiger partial charge in [0.1, 0.15) is 0 Å². The quantitative estimate of drug-likeness (QED) is 0.815. The van der Waals surface area contributed by atoms with E-state index in [0.29, 0.717) is 13.1 Å². The zero-order valence-corrected chi connectivity index (χ0v) is 13.2. The molecule has 114 valence electrons. The fraction of sp³-hybridized carbons (Fsp3) is 0.688. The summed E-state index contributed by atoms with van der Waals surface area (Å²) in [6.07, 6.45) is 0.435. The average molecular weight is 284 g/mol. The van der Waals surface area contributed by atoms with E-state index in [1.54, 1.807) is 4.90 Å². The molecular weight excluding hydrogens is 258 g/mol. The molecule has 1 aliphatic heterocycles. The van der Waals surface area contributed by atoms with Gasteiger partial charge >= 0.3 is 0 Å². The number of hydrogen-bond acceptors (Lipinski definition) is 2. The Balaban J connectivity index is 0.000000956. The number of hydrogen-bond donors (Lipinski definition) is 0. The van der Waals surface area contributed by atoms with Crippen LogP contribution >= 0.6 is 0 Å². The highest BCUT2D eigenvalue weighted by Gasteiger charge is 2.22. The second kappa shape index (κ2) is 7.11. The van der Waals surface area contributed by atoms with Crippen LogP contribution in [0, 0.1) is 0 Å². The van der Waals surface area contributed by atoms with E-state index in [1.165, 1.54) is 11.1 Å². The van der Waals surface area contributed by atoms with Gasteiger partial charge < -0.3 is 0 Å². The van der Waals surface area contributed by atoms with Crippen LogP contribution in [0.25, 0.3) is 0 Å². The average Bonchev–Trinajstić information content (AvgIpc) is 2.38. The molecule has 0 aliphatic carbocycles. The van der Waals surface area contributed by atoms with Gasteiger partial charge in [-0.1, -0.05) is 40.7 Å². The topological polar surface area (TPSA) is 16.1 Å². The Kier molecular flexibility index (Phi) is 6.06.